The minimum Gasteiger partial charge on any atom is -0.339 e. The van der Waals surface area contributed by atoms with Gasteiger partial charge in [-0.1, -0.05) is 25.3 Å². The molecule has 3 rings (SSSR count). The zero-order valence-electron chi connectivity index (χ0n) is 13.4. The number of amides is 2. The smallest absolute Gasteiger partial charge is 0.271 e. The van der Waals surface area contributed by atoms with Gasteiger partial charge in [-0.3, -0.25) is 19.7 Å². The summed E-state index contributed by atoms with van der Waals surface area (Å²) in [5, 5.41) is 13.5. The van der Waals surface area contributed by atoms with Gasteiger partial charge in [-0.05, 0) is 18.9 Å². The van der Waals surface area contributed by atoms with Crippen LogP contribution in [0, 0.1) is 16.0 Å². The Morgan fingerprint density at radius 3 is 2.71 bits per heavy atom. The summed E-state index contributed by atoms with van der Waals surface area (Å²) in [5.41, 5.74) is 0.317. The zero-order chi connectivity index (χ0) is 17.1. The molecule has 1 aromatic rings. The topological polar surface area (TPSA) is 92.5 Å². The van der Waals surface area contributed by atoms with Gasteiger partial charge in [0.1, 0.15) is 0 Å². The van der Waals surface area contributed by atoms with Crippen molar-refractivity contribution in [3.8, 4) is 0 Å². The number of nitro groups is 1. The molecule has 0 radical (unpaired) electrons. The molecule has 2 fully saturated rings. The van der Waals surface area contributed by atoms with Crippen LogP contribution in [0.25, 0.3) is 0 Å². The van der Waals surface area contributed by atoms with Crippen molar-refractivity contribution >= 4 is 23.2 Å². The molecule has 1 heterocycles. The van der Waals surface area contributed by atoms with E-state index in [1.807, 2.05) is 4.90 Å². The average Bonchev–Trinajstić information content (AvgIpc) is 2.98. The van der Waals surface area contributed by atoms with Gasteiger partial charge in [0, 0.05) is 36.8 Å². The first-order chi connectivity index (χ1) is 11.5. The molecule has 7 nitrogen and oxygen atoms in total. The number of carbonyl (C=O) groups is 2. The second-order valence-corrected chi connectivity index (χ2v) is 6.54. The Bertz CT molecular complexity index is 655. The Balaban J connectivity index is 1.62. The average molecular weight is 331 g/mol. The van der Waals surface area contributed by atoms with Crippen LogP contribution >= 0.6 is 0 Å². The quantitative estimate of drug-likeness (QED) is 0.678. The summed E-state index contributed by atoms with van der Waals surface area (Å²) in [6.07, 6.45) is 5.75. The minimum absolute atomic E-state index is 0.0427. The van der Waals surface area contributed by atoms with E-state index in [2.05, 4.69) is 5.32 Å². The highest BCUT2D eigenvalue weighted by Crippen LogP contribution is 2.29. The fourth-order valence-electron chi connectivity index (χ4n) is 3.59. The maximum atomic E-state index is 12.4. The van der Waals surface area contributed by atoms with Gasteiger partial charge >= 0.3 is 0 Å². The summed E-state index contributed by atoms with van der Waals surface area (Å²) in [5.74, 6) is -0.595. The number of hydrogen-bond donors (Lipinski definition) is 1. The third kappa shape index (κ3) is 3.55. The number of rotatable bonds is 4. The third-order valence-electron chi connectivity index (χ3n) is 4.87. The van der Waals surface area contributed by atoms with Crippen LogP contribution < -0.4 is 5.32 Å². The van der Waals surface area contributed by atoms with Crippen molar-refractivity contribution in [2.45, 2.75) is 44.6 Å². The van der Waals surface area contributed by atoms with E-state index < -0.39 is 10.8 Å². The number of nitrogens with one attached hydrogen (secondary N) is 1. The lowest BCUT2D eigenvalue weighted by Crippen LogP contribution is -2.38. The molecule has 1 aliphatic carbocycles. The zero-order valence-corrected chi connectivity index (χ0v) is 13.4. The van der Waals surface area contributed by atoms with Crippen molar-refractivity contribution in [2.75, 3.05) is 11.9 Å². The molecule has 128 valence electrons. The summed E-state index contributed by atoms with van der Waals surface area (Å²) in [6.45, 7) is 0.449. The molecular formula is C17H21N3O4. The van der Waals surface area contributed by atoms with E-state index in [1.54, 1.807) is 6.07 Å². The number of non-ortho nitro benzene ring substituents is 1. The first-order valence-electron chi connectivity index (χ1n) is 8.39. The molecule has 2 aliphatic rings. The second kappa shape index (κ2) is 6.98. The molecule has 1 atom stereocenters. The van der Waals surface area contributed by atoms with E-state index in [1.165, 1.54) is 24.6 Å². The molecule has 1 saturated carbocycles. The number of nitro benzene ring substituents is 1. The van der Waals surface area contributed by atoms with E-state index >= 15 is 0 Å². The van der Waals surface area contributed by atoms with E-state index in [9.17, 15) is 19.7 Å². The lowest BCUT2D eigenvalue weighted by Gasteiger charge is -2.31. The summed E-state index contributed by atoms with van der Waals surface area (Å²) in [7, 11) is 0. The maximum absolute atomic E-state index is 12.4. The predicted molar refractivity (Wildman–Crippen MR) is 88.4 cm³/mol. The molecule has 7 heteroatoms. The van der Waals surface area contributed by atoms with E-state index in [0.29, 0.717) is 12.2 Å². The van der Waals surface area contributed by atoms with Gasteiger partial charge in [-0.15, -0.1) is 0 Å². The van der Waals surface area contributed by atoms with Gasteiger partial charge in [0.25, 0.3) is 5.69 Å². The fraction of sp³-hybridized carbons (Fsp3) is 0.529. The van der Waals surface area contributed by atoms with Crippen molar-refractivity contribution in [1.29, 1.82) is 0 Å². The number of likely N-dealkylation sites (tertiary alicyclic amines) is 1. The largest absolute Gasteiger partial charge is 0.339 e. The molecule has 1 aromatic carbocycles. The van der Waals surface area contributed by atoms with Crippen molar-refractivity contribution in [3.05, 3.63) is 34.4 Å². The van der Waals surface area contributed by atoms with E-state index in [4.69, 9.17) is 0 Å². The summed E-state index contributed by atoms with van der Waals surface area (Å²) in [6, 6.07) is 6.11. The number of carbonyl (C=O) groups excluding carboxylic acids is 2. The Morgan fingerprint density at radius 2 is 2.00 bits per heavy atom. The van der Waals surface area contributed by atoms with Gasteiger partial charge < -0.3 is 10.2 Å². The molecular weight excluding hydrogens is 310 g/mol. The Morgan fingerprint density at radius 1 is 1.25 bits per heavy atom. The van der Waals surface area contributed by atoms with Crippen LogP contribution in [0.3, 0.4) is 0 Å². The lowest BCUT2D eigenvalue weighted by molar-refractivity contribution is -0.384. The molecule has 0 unspecified atom stereocenters. The van der Waals surface area contributed by atoms with Gasteiger partial charge in [-0.25, -0.2) is 0 Å². The predicted octanol–water partition coefficient (Wildman–Crippen LogP) is 2.71. The van der Waals surface area contributed by atoms with Crippen molar-refractivity contribution in [2.24, 2.45) is 5.92 Å². The van der Waals surface area contributed by atoms with Crippen LogP contribution in [-0.2, 0) is 9.59 Å². The van der Waals surface area contributed by atoms with Crippen LogP contribution in [0.4, 0.5) is 11.4 Å². The Labute approximate surface area is 140 Å². The molecule has 1 N–H and O–H groups in total. The van der Waals surface area contributed by atoms with Gasteiger partial charge in [0.05, 0.1) is 10.8 Å². The lowest BCUT2D eigenvalue weighted by atomic mass is 9.94. The highest BCUT2D eigenvalue weighted by molar-refractivity contribution is 5.97. The van der Waals surface area contributed by atoms with Crippen LogP contribution in [-0.4, -0.2) is 34.2 Å². The third-order valence-corrected chi connectivity index (χ3v) is 4.87. The second-order valence-electron chi connectivity index (χ2n) is 6.54. The van der Waals surface area contributed by atoms with Crippen molar-refractivity contribution < 1.29 is 14.5 Å². The molecule has 1 aliphatic heterocycles. The number of hydrogen-bond acceptors (Lipinski definition) is 4. The standard InChI is InChI=1S/C17H21N3O4/c21-16-9-12(11-19(16)14-6-2-1-3-7-14)17(22)18-13-5-4-8-15(10-13)20(23)24/h4-5,8,10,12,14H,1-3,6-7,9,11H2,(H,18,22)/t12-/m0/s1. The molecule has 2 amide bonds. The highest BCUT2D eigenvalue weighted by Gasteiger charge is 2.38. The van der Waals surface area contributed by atoms with Gasteiger partial charge in [0.2, 0.25) is 11.8 Å². The van der Waals surface area contributed by atoms with E-state index in [-0.39, 0.29) is 30.0 Å². The van der Waals surface area contributed by atoms with Crippen molar-refractivity contribution in [3.63, 3.8) is 0 Å². The first kappa shape index (κ1) is 16.4. The van der Waals surface area contributed by atoms with Crippen LogP contribution in [0.1, 0.15) is 38.5 Å². The Kier molecular flexibility index (Phi) is 4.78. The van der Waals surface area contributed by atoms with Crippen LogP contribution in [0.15, 0.2) is 24.3 Å². The molecule has 0 spiro atoms. The molecule has 1 saturated heterocycles. The molecule has 0 aromatic heterocycles. The van der Waals surface area contributed by atoms with Crippen LogP contribution in [0.5, 0.6) is 0 Å². The van der Waals surface area contributed by atoms with E-state index in [0.717, 1.165) is 25.7 Å². The van der Waals surface area contributed by atoms with Crippen LogP contribution in [0.2, 0.25) is 0 Å². The Hall–Kier alpha value is -2.44. The van der Waals surface area contributed by atoms with Crippen molar-refractivity contribution in [1.82, 2.24) is 4.90 Å². The maximum Gasteiger partial charge on any atom is 0.271 e. The SMILES string of the molecule is O=C(Nc1cccc([N+](=O)[O-])c1)[C@H]1CC(=O)N(C2CCCCC2)C1. The number of benzene rings is 1. The first-order valence-corrected chi connectivity index (χ1v) is 8.39. The minimum atomic E-state index is -0.500. The van der Waals surface area contributed by atoms with Gasteiger partial charge in [-0.2, -0.15) is 0 Å². The fourth-order valence-corrected chi connectivity index (χ4v) is 3.59. The monoisotopic (exact) mass is 331 g/mol. The molecule has 24 heavy (non-hydrogen) atoms. The summed E-state index contributed by atoms with van der Waals surface area (Å²) >= 11 is 0. The van der Waals surface area contributed by atoms with Gasteiger partial charge in [0.15, 0.2) is 0 Å². The molecule has 0 bridgehead atoms. The summed E-state index contributed by atoms with van der Waals surface area (Å²) in [4.78, 5) is 36.8. The summed E-state index contributed by atoms with van der Waals surface area (Å²) < 4.78 is 0. The number of anilines is 1. The normalized spacial score (nSPS) is 21.8. The number of nitrogens with zero attached hydrogens (tertiary/aromatic N) is 2. The highest BCUT2D eigenvalue weighted by atomic mass is 16.6.